The van der Waals surface area contributed by atoms with Crippen LogP contribution in [0.5, 0.6) is 0 Å². The number of rotatable bonds is 5. The zero-order chi connectivity index (χ0) is 22.4. The molecule has 166 valence electrons. The molecule has 3 heterocycles. The van der Waals surface area contributed by atoms with Gasteiger partial charge in [-0.1, -0.05) is 44.2 Å². The van der Waals surface area contributed by atoms with Gasteiger partial charge in [0.25, 0.3) is 6.47 Å². The first-order valence-corrected chi connectivity index (χ1v) is 10.6. The van der Waals surface area contributed by atoms with E-state index < -0.39 is 0 Å². The molecule has 31 heavy (non-hydrogen) atoms. The van der Waals surface area contributed by atoms with Crippen molar-refractivity contribution in [3.8, 4) is 11.4 Å². The van der Waals surface area contributed by atoms with Crippen LogP contribution in [-0.2, 0) is 20.9 Å². The molecular weight excluding hydrogens is 398 g/mol. The van der Waals surface area contributed by atoms with Crippen LogP contribution in [-0.4, -0.2) is 67.6 Å². The van der Waals surface area contributed by atoms with Gasteiger partial charge in [0.15, 0.2) is 11.6 Å². The van der Waals surface area contributed by atoms with E-state index >= 15 is 0 Å². The summed E-state index contributed by atoms with van der Waals surface area (Å²) >= 11 is 0. The fraction of sp³-hybridized carbons (Fsp3) is 0.500. The second kappa shape index (κ2) is 10.2. The number of nitrogens with zero attached hydrogens (tertiary/aromatic N) is 5. The lowest BCUT2D eigenvalue weighted by atomic mass is 9.99. The largest absolute Gasteiger partial charge is 0.483 e. The molecule has 1 aromatic carbocycles. The minimum absolute atomic E-state index is 0.0916. The average Bonchev–Trinajstić information content (AvgIpc) is 3.38. The lowest BCUT2D eigenvalue weighted by molar-refractivity contribution is -0.137. The second-order valence-electron chi connectivity index (χ2n) is 8.00. The number of carbonyl (C=O) groups excluding carboxylic acids is 2. The Kier molecular flexibility index (Phi) is 7.38. The van der Waals surface area contributed by atoms with Gasteiger partial charge >= 0.3 is 0 Å². The van der Waals surface area contributed by atoms with Crippen LogP contribution in [0.25, 0.3) is 11.4 Å². The van der Waals surface area contributed by atoms with Crippen LogP contribution >= 0.6 is 0 Å². The molecule has 1 aromatic heterocycles. The van der Waals surface area contributed by atoms with E-state index in [2.05, 4.69) is 18.9 Å². The Morgan fingerprint density at radius 2 is 1.94 bits per heavy atom. The molecule has 0 unspecified atom stereocenters. The van der Waals surface area contributed by atoms with Gasteiger partial charge in [-0.2, -0.15) is 5.10 Å². The maximum Gasteiger partial charge on any atom is 0.290 e. The molecule has 0 radical (unpaired) electrons. The van der Waals surface area contributed by atoms with Crippen LogP contribution in [0.2, 0.25) is 0 Å². The third-order valence-electron chi connectivity index (χ3n) is 5.60. The summed E-state index contributed by atoms with van der Waals surface area (Å²) in [5.74, 6) is 2.04. The Morgan fingerprint density at radius 3 is 2.55 bits per heavy atom. The molecular formula is C22H29N5O4. The van der Waals surface area contributed by atoms with E-state index in [1.165, 1.54) is 0 Å². The number of likely N-dealkylation sites (tertiary alicyclic amines) is 1. The summed E-state index contributed by atoms with van der Waals surface area (Å²) in [4.78, 5) is 41.7. The van der Waals surface area contributed by atoms with Gasteiger partial charge < -0.3 is 14.9 Å². The van der Waals surface area contributed by atoms with Crippen molar-refractivity contribution < 1.29 is 19.5 Å². The Morgan fingerprint density at radius 1 is 1.23 bits per heavy atom. The van der Waals surface area contributed by atoms with Gasteiger partial charge in [0, 0.05) is 38.0 Å². The van der Waals surface area contributed by atoms with Crippen molar-refractivity contribution in [2.75, 3.05) is 19.6 Å². The van der Waals surface area contributed by atoms with Crippen LogP contribution in [0.4, 0.5) is 0 Å². The fourth-order valence-corrected chi connectivity index (χ4v) is 4.18. The second-order valence-corrected chi connectivity index (χ2v) is 8.00. The van der Waals surface area contributed by atoms with Gasteiger partial charge in [-0.15, -0.1) is 0 Å². The van der Waals surface area contributed by atoms with Crippen LogP contribution in [0.15, 0.2) is 30.3 Å². The third-order valence-corrected chi connectivity index (χ3v) is 5.60. The zero-order valence-electron chi connectivity index (χ0n) is 18.0. The maximum absolute atomic E-state index is 13.0. The number of amides is 2. The highest BCUT2D eigenvalue weighted by Gasteiger charge is 2.36. The normalized spacial score (nSPS) is 17.9. The monoisotopic (exact) mass is 427 g/mol. The minimum Gasteiger partial charge on any atom is -0.483 e. The lowest BCUT2D eigenvalue weighted by Crippen LogP contribution is -2.45. The summed E-state index contributed by atoms with van der Waals surface area (Å²) in [5, 5.41) is 11.6. The van der Waals surface area contributed by atoms with Crippen molar-refractivity contribution in [3.05, 3.63) is 36.2 Å². The van der Waals surface area contributed by atoms with Gasteiger partial charge in [0.05, 0.1) is 12.6 Å². The van der Waals surface area contributed by atoms with Crippen molar-refractivity contribution in [2.45, 2.75) is 45.7 Å². The number of hydrogen-bond acceptors (Lipinski definition) is 5. The smallest absolute Gasteiger partial charge is 0.290 e. The molecule has 2 aromatic rings. The number of aromatic nitrogens is 3. The molecule has 1 atom stereocenters. The molecule has 1 N–H and O–H groups in total. The molecule has 2 aliphatic heterocycles. The summed E-state index contributed by atoms with van der Waals surface area (Å²) in [6.45, 7) is 6.53. The van der Waals surface area contributed by atoms with Crippen molar-refractivity contribution in [1.82, 2.24) is 24.6 Å². The van der Waals surface area contributed by atoms with Gasteiger partial charge in [-0.05, 0) is 12.3 Å². The molecule has 9 nitrogen and oxygen atoms in total. The Bertz CT molecular complexity index is 912. The van der Waals surface area contributed by atoms with Gasteiger partial charge in [0.1, 0.15) is 0 Å². The van der Waals surface area contributed by atoms with E-state index in [0.29, 0.717) is 38.3 Å². The summed E-state index contributed by atoms with van der Waals surface area (Å²) in [7, 11) is 0. The minimum atomic E-state index is -0.250. The number of carboxylic acid groups (broad SMARTS) is 1. The highest BCUT2D eigenvalue weighted by atomic mass is 16.3. The molecule has 0 bridgehead atoms. The first-order valence-electron chi connectivity index (χ1n) is 10.6. The highest BCUT2D eigenvalue weighted by molar-refractivity contribution is 5.80. The molecule has 4 rings (SSSR count). The molecule has 1 fully saturated rings. The first kappa shape index (κ1) is 22.5. The summed E-state index contributed by atoms with van der Waals surface area (Å²) in [6.07, 6.45) is 1.88. The topological polar surface area (TPSA) is 109 Å². The molecule has 0 saturated carbocycles. The van der Waals surface area contributed by atoms with Crippen molar-refractivity contribution >= 4 is 18.3 Å². The quantitative estimate of drug-likeness (QED) is 0.733. The van der Waals surface area contributed by atoms with Crippen molar-refractivity contribution in [3.63, 3.8) is 0 Å². The number of fused-ring (bicyclic) bond motifs is 1. The number of benzene rings is 1. The molecule has 0 spiro atoms. The molecule has 2 aliphatic rings. The van der Waals surface area contributed by atoms with E-state index in [4.69, 9.17) is 14.9 Å². The third kappa shape index (κ3) is 5.10. The molecule has 9 heteroatoms. The molecule has 2 amide bonds. The lowest BCUT2D eigenvalue weighted by Gasteiger charge is -2.37. The Labute approximate surface area is 181 Å². The summed E-state index contributed by atoms with van der Waals surface area (Å²) in [6, 6.07) is 9.83. The van der Waals surface area contributed by atoms with Crippen LogP contribution in [0, 0.1) is 5.92 Å². The predicted octanol–water partition coefficient (Wildman–Crippen LogP) is 2.20. The zero-order valence-corrected chi connectivity index (χ0v) is 18.0. The SMILES string of the molecule is CC(C)[C@H]1c2nc(-c3ccccc3)nn2CCN1C(=O)CCN1CCCC1=O.O=CO. The van der Waals surface area contributed by atoms with Crippen LogP contribution < -0.4 is 0 Å². The van der Waals surface area contributed by atoms with E-state index in [-0.39, 0.29) is 30.2 Å². The van der Waals surface area contributed by atoms with E-state index in [9.17, 15) is 9.59 Å². The van der Waals surface area contributed by atoms with Crippen LogP contribution in [0.3, 0.4) is 0 Å². The average molecular weight is 428 g/mol. The van der Waals surface area contributed by atoms with Gasteiger partial charge in [0.2, 0.25) is 11.8 Å². The first-order chi connectivity index (χ1) is 15.0. The van der Waals surface area contributed by atoms with Crippen molar-refractivity contribution in [2.24, 2.45) is 5.92 Å². The van der Waals surface area contributed by atoms with E-state index in [0.717, 1.165) is 24.4 Å². The molecule has 1 saturated heterocycles. The Hall–Kier alpha value is -3.23. The number of hydrogen-bond donors (Lipinski definition) is 1. The predicted molar refractivity (Wildman–Crippen MR) is 114 cm³/mol. The standard InChI is InChI=1S/C21H27N5O2.CH2O2/c1-15(2)19-21-22-20(16-7-4-3-5-8-16)23-26(21)14-13-25(19)18(28)10-12-24-11-6-9-17(24)27;2-1-3/h3-5,7-8,15,19H,6,9-14H2,1-2H3;1H,(H,2,3)/t19-;/m0./s1. The maximum atomic E-state index is 13.0. The van der Waals surface area contributed by atoms with Gasteiger partial charge in [-0.3, -0.25) is 14.4 Å². The van der Waals surface area contributed by atoms with E-state index in [1.54, 1.807) is 0 Å². The number of carbonyl (C=O) groups is 3. The van der Waals surface area contributed by atoms with Gasteiger partial charge in [-0.25, -0.2) is 9.67 Å². The summed E-state index contributed by atoms with van der Waals surface area (Å²) < 4.78 is 1.95. The Balaban J connectivity index is 0.000000858. The van der Waals surface area contributed by atoms with Crippen molar-refractivity contribution in [1.29, 1.82) is 0 Å². The van der Waals surface area contributed by atoms with Crippen LogP contribution in [0.1, 0.15) is 45.0 Å². The summed E-state index contributed by atoms with van der Waals surface area (Å²) in [5.41, 5.74) is 0.984. The highest BCUT2D eigenvalue weighted by Crippen LogP contribution is 2.32. The van der Waals surface area contributed by atoms with E-state index in [1.807, 2.05) is 44.8 Å². The fourth-order valence-electron chi connectivity index (χ4n) is 4.18. The molecule has 0 aliphatic carbocycles.